The van der Waals surface area contributed by atoms with Crippen molar-refractivity contribution in [3.8, 4) is 5.75 Å². The zero-order valence-corrected chi connectivity index (χ0v) is 14.4. The van der Waals surface area contributed by atoms with Crippen molar-refractivity contribution >= 4 is 51.8 Å². The highest BCUT2D eigenvalue weighted by Crippen LogP contribution is 2.33. The predicted octanol–water partition coefficient (Wildman–Crippen LogP) is 4.85. The molecule has 3 N–H and O–H groups in total. The molecule has 3 aromatic rings. The van der Waals surface area contributed by atoms with Crippen molar-refractivity contribution in [3.63, 3.8) is 0 Å². The molecule has 0 aliphatic heterocycles. The zero-order valence-electron chi connectivity index (χ0n) is 12.9. The number of nitrogens with zero attached hydrogens (tertiary/aromatic N) is 1. The Morgan fingerprint density at radius 2 is 2.08 bits per heavy atom. The first kappa shape index (κ1) is 17.3. The van der Waals surface area contributed by atoms with E-state index in [1.165, 1.54) is 24.3 Å². The number of anilines is 2. The number of ether oxygens (including phenoxy) is 1. The van der Waals surface area contributed by atoms with Gasteiger partial charge in [0.05, 0.1) is 33.4 Å². The van der Waals surface area contributed by atoms with Gasteiger partial charge in [0.2, 0.25) is 5.95 Å². The van der Waals surface area contributed by atoms with Gasteiger partial charge < -0.3 is 20.1 Å². The number of halogens is 3. The zero-order chi connectivity index (χ0) is 18.1. The van der Waals surface area contributed by atoms with Gasteiger partial charge in [-0.2, -0.15) is 0 Å². The minimum absolute atomic E-state index is 0.0145. The average molecular weight is 384 g/mol. The van der Waals surface area contributed by atoms with Gasteiger partial charge >= 0.3 is 5.97 Å². The predicted molar refractivity (Wildman–Crippen MR) is 93.9 cm³/mol. The van der Waals surface area contributed by atoms with E-state index in [2.05, 4.69) is 15.3 Å². The minimum atomic E-state index is -1.13. The van der Waals surface area contributed by atoms with Crippen LogP contribution in [0.3, 0.4) is 0 Å². The largest absolute Gasteiger partial charge is 0.493 e. The second-order valence-corrected chi connectivity index (χ2v) is 5.85. The van der Waals surface area contributed by atoms with Crippen LogP contribution in [-0.2, 0) is 0 Å². The van der Waals surface area contributed by atoms with E-state index in [0.717, 1.165) is 0 Å². The van der Waals surface area contributed by atoms with Gasteiger partial charge in [-0.1, -0.05) is 23.2 Å². The van der Waals surface area contributed by atoms with Crippen molar-refractivity contribution in [2.24, 2.45) is 0 Å². The lowest BCUT2D eigenvalue weighted by Gasteiger charge is -2.07. The quantitative estimate of drug-likeness (QED) is 0.548. The van der Waals surface area contributed by atoms with Gasteiger partial charge in [0.15, 0.2) is 5.82 Å². The number of hydrogen-bond donors (Lipinski definition) is 3. The van der Waals surface area contributed by atoms with Crippen molar-refractivity contribution in [1.29, 1.82) is 0 Å². The van der Waals surface area contributed by atoms with Crippen LogP contribution < -0.4 is 10.1 Å². The fraction of sp³-hybridized carbons (Fsp3) is 0.125. The van der Waals surface area contributed by atoms with E-state index in [-0.39, 0.29) is 33.0 Å². The van der Waals surface area contributed by atoms with E-state index in [0.29, 0.717) is 17.6 Å². The van der Waals surface area contributed by atoms with E-state index in [9.17, 15) is 14.3 Å². The first-order valence-corrected chi connectivity index (χ1v) is 7.96. The number of fused-ring (bicyclic) bond motifs is 1. The third-order valence-electron chi connectivity index (χ3n) is 3.40. The molecule has 1 heterocycles. The Labute approximate surface area is 151 Å². The number of benzene rings is 2. The van der Waals surface area contributed by atoms with E-state index in [1.54, 1.807) is 6.92 Å². The third kappa shape index (κ3) is 3.33. The summed E-state index contributed by atoms with van der Waals surface area (Å²) >= 11 is 11.7. The number of carbonyl (C=O) groups is 1. The minimum Gasteiger partial charge on any atom is -0.493 e. The number of imidazole rings is 1. The first-order chi connectivity index (χ1) is 11.9. The molecule has 1 aromatic heterocycles. The van der Waals surface area contributed by atoms with Crippen LogP contribution in [0.4, 0.5) is 16.0 Å². The lowest BCUT2D eigenvalue weighted by molar-refractivity contribution is 0.0692. The van der Waals surface area contributed by atoms with Crippen LogP contribution in [0.5, 0.6) is 5.75 Å². The standard InChI is InChI=1S/C16H12Cl2FN3O3/c1-2-25-12-6-11-10(5-7(12)15(23)24)20-16(21-11)22-14-9(18)4-3-8(17)13(14)19/h3-6H,2H2,1H3,(H,23,24)(H2,20,21,22). The SMILES string of the molecule is CCOc1cc2[nH]c(Nc3c(Cl)ccc(Cl)c3F)nc2cc1C(=O)O. The molecule has 0 saturated heterocycles. The number of aromatic nitrogens is 2. The summed E-state index contributed by atoms with van der Waals surface area (Å²) in [5, 5.41) is 12.0. The summed E-state index contributed by atoms with van der Waals surface area (Å²) in [5.74, 6) is -1.45. The molecule has 25 heavy (non-hydrogen) atoms. The highest BCUT2D eigenvalue weighted by atomic mass is 35.5. The highest BCUT2D eigenvalue weighted by molar-refractivity contribution is 6.35. The molecule has 6 nitrogen and oxygen atoms in total. The lowest BCUT2D eigenvalue weighted by Crippen LogP contribution is -2.02. The molecule has 0 bridgehead atoms. The second-order valence-electron chi connectivity index (χ2n) is 5.03. The summed E-state index contributed by atoms with van der Waals surface area (Å²) in [4.78, 5) is 18.5. The number of carboxylic acid groups (broad SMARTS) is 1. The molecule has 0 aliphatic carbocycles. The van der Waals surface area contributed by atoms with E-state index < -0.39 is 11.8 Å². The lowest BCUT2D eigenvalue weighted by atomic mass is 10.2. The fourth-order valence-corrected chi connectivity index (χ4v) is 2.65. The molecule has 130 valence electrons. The Morgan fingerprint density at radius 3 is 2.76 bits per heavy atom. The molecule has 0 atom stereocenters. The molecule has 2 aromatic carbocycles. The smallest absolute Gasteiger partial charge is 0.339 e. The summed E-state index contributed by atoms with van der Waals surface area (Å²) in [6.45, 7) is 2.06. The summed E-state index contributed by atoms with van der Waals surface area (Å²) < 4.78 is 19.5. The van der Waals surface area contributed by atoms with Gasteiger partial charge in [0, 0.05) is 6.07 Å². The molecule has 0 aliphatic rings. The van der Waals surface area contributed by atoms with Crippen LogP contribution in [0.1, 0.15) is 17.3 Å². The van der Waals surface area contributed by atoms with Gasteiger partial charge in [0.25, 0.3) is 0 Å². The van der Waals surface area contributed by atoms with Crippen molar-refractivity contribution in [3.05, 3.63) is 45.7 Å². The van der Waals surface area contributed by atoms with Gasteiger partial charge in [-0.15, -0.1) is 0 Å². The van der Waals surface area contributed by atoms with Crippen LogP contribution in [0.2, 0.25) is 10.0 Å². The Kier molecular flexibility index (Phi) is 4.69. The third-order valence-corrected chi connectivity index (χ3v) is 4.01. The number of aromatic carboxylic acids is 1. The first-order valence-electron chi connectivity index (χ1n) is 7.21. The van der Waals surface area contributed by atoms with Crippen molar-refractivity contribution in [2.75, 3.05) is 11.9 Å². The number of aromatic amines is 1. The van der Waals surface area contributed by atoms with Crippen LogP contribution >= 0.6 is 23.2 Å². The van der Waals surface area contributed by atoms with E-state index in [4.69, 9.17) is 27.9 Å². The summed E-state index contributed by atoms with van der Waals surface area (Å²) in [6.07, 6.45) is 0. The van der Waals surface area contributed by atoms with Gasteiger partial charge in [-0.25, -0.2) is 14.2 Å². The monoisotopic (exact) mass is 383 g/mol. The van der Waals surface area contributed by atoms with Crippen molar-refractivity contribution in [2.45, 2.75) is 6.92 Å². The molecule has 0 fully saturated rings. The Bertz CT molecular complexity index is 975. The number of H-pyrrole nitrogens is 1. The van der Waals surface area contributed by atoms with Gasteiger partial charge in [0.1, 0.15) is 11.3 Å². The molecule has 0 radical (unpaired) electrons. The van der Waals surface area contributed by atoms with Crippen LogP contribution in [-0.4, -0.2) is 27.7 Å². The molecular formula is C16H12Cl2FN3O3. The normalized spacial score (nSPS) is 10.9. The highest BCUT2D eigenvalue weighted by Gasteiger charge is 2.17. The number of nitrogens with one attached hydrogen (secondary N) is 2. The molecule has 0 unspecified atom stereocenters. The van der Waals surface area contributed by atoms with Crippen molar-refractivity contribution < 1.29 is 19.0 Å². The maximum atomic E-state index is 14.1. The Morgan fingerprint density at radius 1 is 1.36 bits per heavy atom. The number of hydrogen-bond acceptors (Lipinski definition) is 4. The summed E-state index contributed by atoms with van der Waals surface area (Å²) in [6, 6.07) is 5.70. The molecule has 3 rings (SSSR count). The van der Waals surface area contributed by atoms with Crippen LogP contribution in [0.15, 0.2) is 24.3 Å². The Balaban J connectivity index is 2.05. The van der Waals surface area contributed by atoms with E-state index in [1.807, 2.05) is 0 Å². The topological polar surface area (TPSA) is 87.2 Å². The van der Waals surface area contributed by atoms with Crippen molar-refractivity contribution in [1.82, 2.24) is 9.97 Å². The summed E-state index contributed by atoms with van der Waals surface area (Å²) in [5.41, 5.74) is 0.854. The maximum Gasteiger partial charge on any atom is 0.339 e. The molecular weight excluding hydrogens is 372 g/mol. The van der Waals surface area contributed by atoms with Crippen LogP contribution in [0, 0.1) is 5.82 Å². The van der Waals surface area contributed by atoms with Gasteiger partial charge in [-0.05, 0) is 25.1 Å². The number of carboxylic acids is 1. The number of rotatable bonds is 5. The molecule has 9 heteroatoms. The summed E-state index contributed by atoms with van der Waals surface area (Å²) in [7, 11) is 0. The van der Waals surface area contributed by atoms with Gasteiger partial charge in [-0.3, -0.25) is 0 Å². The average Bonchev–Trinajstić information content (AvgIpc) is 2.96. The second kappa shape index (κ2) is 6.78. The van der Waals surface area contributed by atoms with E-state index >= 15 is 0 Å². The van der Waals surface area contributed by atoms with Crippen LogP contribution in [0.25, 0.3) is 11.0 Å². The maximum absolute atomic E-state index is 14.1. The molecule has 0 spiro atoms. The Hall–Kier alpha value is -2.51. The fourth-order valence-electron chi connectivity index (χ4n) is 2.30. The molecule has 0 saturated carbocycles. The molecule has 0 amide bonds.